The van der Waals surface area contributed by atoms with Gasteiger partial charge in [0.05, 0.1) is 6.61 Å². The van der Waals surface area contributed by atoms with Crippen LogP contribution in [0.15, 0.2) is 42.5 Å². The monoisotopic (exact) mass is 268 g/mol. The Hall–Kier alpha value is -2.00. The third kappa shape index (κ3) is 1.86. The minimum atomic E-state index is -0.603. The summed E-state index contributed by atoms with van der Waals surface area (Å²) >= 11 is 0. The summed E-state index contributed by atoms with van der Waals surface area (Å²) in [6.07, 6.45) is 0.869. The molecule has 0 spiro atoms. The summed E-state index contributed by atoms with van der Waals surface area (Å²) in [6.45, 7) is 0.736. The van der Waals surface area contributed by atoms with E-state index in [-0.39, 0.29) is 6.10 Å². The van der Waals surface area contributed by atoms with E-state index < -0.39 is 6.10 Å². The smallest absolute Gasteiger partial charge is 0.133 e. The Kier molecular flexibility index (Phi) is 2.67. The van der Waals surface area contributed by atoms with Gasteiger partial charge >= 0.3 is 0 Å². The molecule has 0 saturated heterocycles. The Bertz CT molecular complexity index is 625. The normalized spacial score (nSPS) is 20.8. The van der Waals surface area contributed by atoms with E-state index in [1.54, 1.807) is 0 Å². The summed E-state index contributed by atoms with van der Waals surface area (Å²) in [7, 11) is 0. The third-order valence-electron chi connectivity index (χ3n) is 4.08. The van der Waals surface area contributed by atoms with Crippen molar-refractivity contribution in [1.82, 2.24) is 0 Å². The van der Waals surface area contributed by atoms with Gasteiger partial charge in [0.25, 0.3) is 0 Å². The van der Waals surface area contributed by atoms with Gasteiger partial charge in [0.1, 0.15) is 23.7 Å². The highest BCUT2D eigenvalue weighted by atomic mass is 16.5. The van der Waals surface area contributed by atoms with Crippen LogP contribution in [0, 0.1) is 0 Å². The summed E-state index contributed by atoms with van der Waals surface area (Å²) in [4.78, 5) is 0. The number of benzene rings is 2. The summed E-state index contributed by atoms with van der Waals surface area (Å²) in [5.74, 6) is 1.83. The summed E-state index contributed by atoms with van der Waals surface area (Å²) in [5.41, 5.74) is 3.25. The zero-order chi connectivity index (χ0) is 13.5. The highest BCUT2D eigenvalue weighted by Gasteiger charge is 2.30. The van der Waals surface area contributed by atoms with Crippen molar-refractivity contribution in [3.63, 3.8) is 0 Å². The molecule has 3 heteroatoms. The van der Waals surface area contributed by atoms with Crippen molar-refractivity contribution in [2.24, 2.45) is 0 Å². The summed E-state index contributed by atoms with van der Waals surface area (Å²) in [6, 6.07) is 13.9. The number of para-hydroxylation sites is 1. The molecule has 1 N–H and O–H groups in total. The fourth-order valence-electron chi connectivity index (χ4n) is 2.99. The topological polar surface area (TPSA) is 38.7 Å². The maximum absolute atomic E-state index is 10.6. The second-order valence-corrected chi connectivity index (χ2v) is 5.38. The molecular formula is C17H16O3. The van der Waals surface area contributed by atoms with Crippen LogP contribution in [0.25, 0.3) is 0 Å². The van der Waals surface area contributed by atoms with Crippen molar-refractivity contribution in [2.75, 3.05) is 6.61 Å². The lowest BCUT2D eigenvalue weighted by atomic mass is 9.98. The zero-order valence-electron chi connectivity index (χ0n) is 11.1. The largest absolute Gasteiger partial charge is 0.493 e. The van der Waals surface area contributed by atoms with Gasteiger partial charge in [0.2, 0.25) is 0 Å². The molecule has 0 radical (unpaired) electrons. The van der Waals surface area contributed by atoms with Crippen LogP contribution in [-0.4, -0.2) is 17.8 Å². The predicted octanol–water partition coefficient (Wildman–Crippen LogP) is 2.66. The Balaban J connectivity index is 1.58. The van der Waals surface area contributed by atoms with Crippen LogP contribution in [0.5, 0.6) is 11.5 Å². The van der Waals surface area contributed by atoms with E-state index in [1.165, 1.54) is 11.1 Å². The molecule has 0 amide bonds. The SMILES string of the molecule is OC(c1ccc2c(c1)CCO2)C1Cc2ccccc2O1. The maximum atomic E-state index is 10.6. The van der Waals surface area contributed by atoms with E-state index in [9.17, 15) is 5.11 Å². The van der Waals surface area contributed by atoms with Crippen molar-refractivity contribution < 1.29 is 14.6 Å². The zero-order valence-corrected chi connectivity index (χ0v) is 11.1. The Morgan fingerprint density at radius 2 is 1.95 bits per heavy atom. The lowest BCUT2D eigenvalue weighted by molar-refractivity contribution is 0.0491. The number of ether oxygens (including phenoxy) is 2. The van der Waals surface area contributed by atoms with Crippen LogP contribution in [-0.2, 0) is 12.8 Å². The average Bonchev–Trinajstić information content (AvgIpc) is 3.11. The molecule has 20 heavy (non-hydrogen) atoms. The van der Waals surface area contributed by atoms with E-state index in [2.05, 4.69) is 6.07 Å². The van der Waals surface area contributed by atoms with Gasteiger partial charge in [-0.3, -0.25) is 0 Å². The van der Waals surface area contributed by atoms with Crippen LogP contribution >= 0.6 is 0 Å². The van der Waals surface area contributed by atoms with Crippen LogP contribution < -0.4 is 9.47 Å². The maximum Gasteiger partial charge on any atom is 0.133 e. The molecule has 0 fully saturated rings. The highest BCUT2D eigenvalue weighted by Crippen LogP contribution is 2.35. The van der Waals surface area contributed by atoms with E-state index in [0.29, 0.717) is 0 Å². The van der Waals surface area contributed by atoms with E-state index in [0.717, 1.165) is 36.5 Å². The van der Waals surface area contributed by atoms with Gasteiger partial charge in [-0.1, -0.05) is 24.3 Å². The third-order valence-corrected chi connectivity index (χ3v) is 4.08. The van der Waals surface area contributed by atoms with E-state index >= 15 is 0 Å². The number of aliphatic hydroxyl groups excluding tert-OH is 1. The summed E-state index contributed by atoms with van der Waals surface area (Å²) in [5, 5.41) is 10.6. The molecule has 2 aliphatic rings. The van der Waals surface area contributed by atoms with Crippen molar-refractivity contribution >= 4 is 0 Å². The number of fused-ring (bicyclic) bond motifs is 2. The molecule has 0 bridgehead atoms. The molecule has 0 aromatic heterocycles. The van der Waals surface area contributed by atoms with Gasteiger partial charge in [-0.25, -0.2) is 0 Å². The quantitative estimate of drug-likeness (QED) is 0.910. The lowest BCUT2D eigenvalue weighted by Gasteiger charge is -2.19. The van der Waals surface area contributed by atoms with Gasteiger partial charge in [-0.2, -0.15) is 0 Å². The minimum Gasteiger partial charge on any atom is -0.493 e. The second-order valence-electron chi connectivity index (χ2n) is 5.38. The predicted molar refractivity (Wildman–Crippen MR) is 75.2 cm³/mol. The van der Waals surface area contributed by atoms with Gasteiger partial charge in [0, 0.05) is 12.8 Å². The van der Waals surface area contributed by atoms with E-state index in [4.69, 9.17) is 9.47 Å². The Labute approximate surface area is 117 Å². The van der Waals surface area contributed by atoms with Gasteiger partial charge < -0.3 is 14.6 Å². The first kappa shape index (κ1) is 11.8. The van der Waals surface area contributed by atoms with E-state index in [1.807, 2.05) is 36.4 Å². The number of aliphatic hydroxyl groups is 1. The second kappa shape index (κ2) is 4.53. The first-order valence-electron chi connectivity index (χ1n) is 6.99. The molecule has 2 aliphatic heterocycles. The fourth-order valence-corrected chi connectivity index (χ4v) is 2.99. The molecule has 2 aromatic carbocycles. The first-order chi connectivity index (χ1) is 9.81. The fraction of sp³-hybridized carbons (Fsp3) is 0.294. The lowest BCUT2D eigenvalue weighted by Crippen LogP contribution is -2.23. The average molecular weight is 268 g/mol. The molecule has 0 saturated carbocycles. The standard InChI is InChI=1S/C17H16O3/c18-17(13-5-6-14-12(9-13)7-8-19-14)16-10-11-3-1-2-4-15(11)20-16/h1-6,9,16-18H,7-8,10H2. The first-order valence-corrected chi connectivity index (χ1v) is 6.99. The van der Waals surface area contributed by atoms with Crippen molar-refractivity contribution in [3.05, 3.63) is 59.2 Å². The molecule has 2 unspecified atom stereocenters. The van der Waals surface area contributed by atoms with Crippen molar-refractivity contribution in [1.29, 1.82) is 0 Å². The van der Waals surface area contributed by atoms with Gasteiger partial charge in [0.15, 0.2) is 0 Å². The van der Waals surface area contributed by atoms with Crippen LogP contribution in [0.4, 0.5) is 0 Å². The van der Waals surface area contributed by atoms with Crippen LogP contribution in [0.3, 0.4) is 0 Å². The molecule has 2 aromatic rings. The van der Waals surface area contributed by atoms with Gasteiger partial charge in [-0.05, 0) is 34.9 Å². The molecular weight excluding hydrogens is 252 g/mol. The number of hydrogen-bond acceptors (Lipinski definition) is 3. The van der Waals surface area contributed by atoms with Crippen LogP contribution in [0.1, 0.15) is 22.8 Å². The minimum absolute atomic E-state index is 0.201. The number of hydrogen-bond donors (Lipinski definition) is 1. The molecule has 102 valence electrons. The molecule has 0 aliphatic carbocycles. The Morgan fingerprint density at radius 1 is 1.05 bits per heavy atom. The molecule has 2 heterocycles. The molecule has 3 nitrogen and oxygen atoms in total. The Morgan fingerprint density at radius 3 is 2.85 bits per heavy atom. The molecule has 4 rings (SSSR count). The summed E-state index contributed by atoms with van der Waals surface area (Å²) < 4.78 is 11.4. The highest BCUT2D eigenvalue weighted by molar-refractivity contribution is 5.42. The van der Waals surface area contributed by atoms with Crippen molar-refractivity contribution in [2.45, 2.75) is 25.0 Å². The van der Waals surface area contributed by atoms with Crippen LogP contribution in [0.2, 0.25) is 0 Å². The van der Waals surface area contributed by atoms with Crippen molar-refractivity contribution in [3.8, 4) is 11.5 Å². The van der Waals surface area contributed by atoms with Gasteiger partial charge in [-0.15, -0.1) is 0 Å². The number of rotatable bonds is 2. The molecule has 2 atom stereocenters.